The summed E-state index contributed by atoms with van der Waals surface area (Å²) < 4.78 is 17.1. The molecule has 0 radical (unpaired) electrons. The Labute approximate surface area is 215 Å². The first-order valence-corrected chi connectivity index (χ1v) is 12.3. The van der Waals surface area contributed by atoms with Gasteiger partial charge in [-0.05, 0) is 86.8 Å². The summed E-state index contributed by atoms with van der Waals surface area (Å²) in [5.74, 6) is -0.0903. The van der Waals surface area contributed by atoms with Crippen LogP contribution in [0.15, 0.2) is 66.2 Å². The average molecular weight is 500 g/mol. The molecule has 1 amide bonds. The lowest BCUT2D eigenvalue weighted by Crippen LogP contribution is -2.29. The van der Waals surface area contributed by atoms with Gasteiger partial charge in [0, 0.05) is 11.3 Å². The van der Waals surface area contributed by atoms with Crippen LogP contribution < -0.4 is 19.1 Å². The maximum Gasteiger partial charge on any atom is 0.300 e. The summed E-state index contributed by atoms with van der Waals surface area (Å²) in [6.07, 6.45) is -0.0567. The molecule has 1 atom stereocenters. The molecule has 5 rings (SSSR count). The number of Topliss-reactive ketones (excluding diaryl/α,β-unsaturated/α-hetero) is 1. The molecule has 7 nitrogen and oxygen atoms in total. The minimum Gasteiger partial charge on any atom is -0.507 e. The highest BCUT2D eigenvalue weighted by atomic mass is 16.6. The zero-order valence-corrected chi connectivity index (χ0v) is 21.3. The molecule has 37 heavy (non-hydrogen) atoms. The van der Waals surface area contributed by atoms with Crippen LogP contribution in [0.25, 0.3) is 5.76 Å². The van der Waals surface area contributed by atoms with Gasteiger partial charge in [-0.3, -0.25) is 14.5 Å². The number of hydrogen-bond donors (Lipinski definition) is 1. The highest BCUT2D eigenvalue weighted by Gasteiger charge is 2.47. The van der Waals surface area contributed by atoms with Crippen LogP contribution in [0.3, 0.4) is 0 Å². The van der Waals surface area contributed by atoms with Crippen molar-refractivity contribution in [3.8, 4) is 17.2 Å². The molecule has 0 aliphatic carbocycles. The molecule has 0 bridgehead atoms. The third-order valence-electron chi connectivity index (χ3n) is 6.29. The van der Waals surface area contributed by atoms with Crippen molar-refractivity contribution in [3.05, 3.63) is 88.5 Å². The third kappa shape index (κ3) is 4.65. The maximum atomic E-state index is 13.5. The van der Waals surface area contributed by atoms with Crippen molar-refractivity contribution in [1.82, 2.24) is 0 Å². The van der Waals surface area contributed by atoms with Crippen molar-refractivity contribution in [2.45, 2.75) is 39.8 Å². The van der Waals surface area contributed by atoms with Crippen molar-refractivity contribution in [2.75, 3.05) is 18.1 Å². The normalized spacial score (nSPS) is 18.4. The van der Waals surface area contributed by atoms with E-state index >= 15 is 0 Å². The van der Waals surface area contributed by atoms with Gasteiger partial charge in [0.25, 0.3) is 11.7 Å². The number of amides is 1. The molecule has 7 heteroatoms. The molecule has 1 saturated heterocycles. The monoisotopic (exact) mass is 499 g/mol. The summed E-state index contributed by atoms with van der Waals surface area (Å²) in [4.78, 5) is 28.5. The molecule has 1 fully saturated rings. The van der Waals surface area contributed by atoms with Crippen LogP contribution >= 0.6 is 0 Å². The number of carbonyl (C=O) groups is 2. The maximum absolute atomic E-state index is 13.5. The Bertz CT molecular complexity index is 1400. The van der Waals surface area contributed by atoms with E-state index in [1.54, 1.807) is 18.2 Å². The van der Waals surface area contributed by atoms with Crippen molar-refractivity contribution >= 4 is 23.1 Å². The third-order valence-corrected chi connectivity index (χ3v) is 6.29. The minimum absolute atomic E-state index is 0.00235. The van der Waals surface area contributed by atoms with E-state index in [9.17, 15) is 14.7 Å². The molecule has 190 valence electrons. The van der Waals surface area contributed by atoms with Gasteiger partial charge in [-0.25, -0.2) is 0 Å². The lowest BCUT2D eigenvalue weighted by atomic mass is 9.94. The Morgan fingerprint density at radius 1 is 0.946 bits per heavy atom. The fraction of sp³-hybridized carbons (Fsp3) is 0.267. The highest BCUT2D eigenvalue weighted by molar-refractivity contribution is 6.51. The smallest absolute Gasteiger partial charge is 0.300 e. The molecule has 3 aromatic carbocycles. The first-order chi connectivity index (χ1) is 17.7. The minimum atomic E-state index is -0.856. The Balaban J connectivity index is 1.70. The van der Waals surface area contributed by atoms with E-state index in [0.717, 1.165) is 11.1 Å². The van der Waals surface area contributed by atoms with Gasteiger partial charge in [0.05, 0.1) is 17.7 Å². The Morgan fingerprint density at radius 2 is 1.65 bits per heavy atom. The lowest BCUT2D eigenvalue weighted by Gasteiger charge is -2.26. The zero-order valence-electron chi connectivity index (χ0n) is 21.3. The molecule has 1 N–H and O–H groups in total. The Hall–Kier alpha value is -4.26. The molecule has 1 unspecified atom stereocenters. The number of ether oxygens (including phenoxy) is 3. The van der Waals surface area contributed by atoms with E-state index in [2.05, 4.69) is 0 Å². The number of ketones is 1. The topological polar surface area (TPSA) is 85.3 Å². The van der Waals surface area contributed by atoms with Gasteiger partial charge in [0.15, 0.2) is 11.5 Å². The van der Waals surface area contributed by atoms with Crippen LogP contribution in [0.2, 0.25) is 0 Å². The molecule has 2 heterocycles. The summed E-state index contributed by atoms with van der Waals surface area (Å²) in [6.45, 7) is 8.56. The molecule has 2 aliphatic heterocycles. The molecule has 0 saturated carbocycles. The number of aryl methyl sites for hydroxylation is 2. The average Bonchev–Trinajstić information content (AvgIpc) is 3.13. The highest BCUT2D eigenvalue weighted by Crippen LogP contribution is 2.44. The van der Waals surface area contributed by atoms with Gasteiger partial charge in [0.2, 0.25) is 0 Å². The van der Waals surface area contributed by atoms with Crippen LogP contribution in [0.1, 0.15) is 42.1 Å². The molecular formula is C30H29NO6. The molecule has 2 aliphatic rings. The molecule has 0 spiro atoms. The van der Waals surface area contributed by atoms with E-state index in [4.69, 9.17) is 14.2 Å². The van der Waals surface area contributed by atoms with E-state index in [1.807, 2.05) is 70.2 Å². The second kappa shape index (κ2) is 9.65. The number of nitrogens with zero attached hydrogens (tertiary/aromatic N) is 1. The summed E-state index contributed by atoms with van der Waals surface area (Å²) in [5, 5.41) is 11.5. The number of aliphatic hydroxyl groups excluding tert-OH is 1. The van der Waals surface area contributed by atoms with E-state index < -0.39 is 17.7 Å². The standard InChI is InChI=1S/C30H29NO6/c1-17(2)37-23-7-5-6-20(15-23)27-26(28(32)21-8-9-24-25(16-21)36-11-10-35-24)29(33)30(34)31(27)22-13-18(3)12-19(4)14-22/h5-9,12-17,27,32H,10-11H2,1-4H3/b28-26-. The van der Waals surface area contributed by atoms with Gasteiger partial charge in [0.1, 0.15) is 24.7 Å². The summed E-state index contributed by atoms with van der Waals surface area (Å²) in [6, 6.07) is 17.1. The number of aliphatic hydroxyl groups is 1. The van der Waals surface area contributed by atoms with E-state index in [0.29, 0.717) is 47.3 Å². The summed E-state index contributed by atoms with van der Waals surface area (Å²) in [5.41, 5.74) is 3.51. The molecule has 0 aromatic heterocycles. The largest absolute Gasteiger partial charge is 0.507 e. The number of benzene rings is 3. The molecule has 3 aromatic rings. The number of rotatable bonds is 5. The Morgan fingerprint density at radius 3 is 2.35 bits per heavy atom. The van der Waals surface area contributed by atoms with Crippen LogP contribution in [0, 0.1) is 13.8 Å². The van der Waals surface area contributed by atoms with Gasteiger partial charge >= 0.3 is 0 Å². The number of fused-ring (bicyclic) bond motifs is 1. The van der Waals surface area contributed by atoms with Gasteiger partial charge in [-0.15, -0.1) is 0 Å². The SMILES string of the molecule is Cc1cc(C)cc(N2C(=O)C(=O)/C(=C(\O)c3ccc4c(c3)OCCO4)C2c2cccc(OC(C)C)c2)c1. The van der Waals surface area contributed by atoms with Crippen LogP contribution in [-0.2, 0) is 9.59 Å². The van der Waals surface area contributed by atoms with Gasteiger partial charge in [-0.1, -0.05) is 18.2 Å². The fourth-order valence-corrected chi connectivity index (χ4v) is 4.88. The van der Waals surface area contributed by atoms with Crippen LogP contribution in [-0.4, -0.2) is 36.1 Å². The predicted octanol–water partition coefficient (Wildman–Crippen LogP) is 5.49. The fourth-order valence-electron chi connectivity index (χ4n) is 4.88. The predicted molar refractivity (Wildman–Crippen MR) is 140 cm³/mol. The first kappa shape index (κ1) is 24.4. The van der Waals surface area contributed by atoms with Crippen LogP contribution in [0.5, 0.6) is 17.2 Å². The van der Waals surface area contributed by atoms with Crippen molar-refractivity contribution in [2.24, 2.45) is 0 Å². The number of carbonyl (C=O) groups excluding carboxylic acids is 2. The Kier molecular flexibility index (Phi) is 6.38. The second-order valence-corrected chi connectivity index (χ2v) is 9.61. The quantitative estimate of drug-likeness (QED) is 0.284. The summed E-state index contributed by atoms with van der Waals surface area (Å²) >= 11 is 0. The van der Waals surface area contributed by atoms with Crippen molar-refractivity contribution in [3.63, 3.8) is 0 Å². The van der Waals surface area contributed by atoms with E-state index in [-0.39, 0.29) is 17.4 Å². The number of hydrogen-bond acceptors (Lipinski definition) is 6. The van der Waals surface area contributed by atoms with E-state index in [1.165, 1.54) is 4.90 Å². The van der Waals surface area contributed by atoms with Crippen LogP contribution in [0.4, 0.5) is 5.69 Å². The van der Waals surface area contributed by atoms with Crippen molar-refractivity contribution in [1.29, 1.82) is 0 Å². The van der Waals surface area contributed by atoms with Crippen molar-refractivity contribution < 1.29 is 28.9 Å². The van der Waals surface area contributed by atoms with Gasteiger partial charge < -0.3 is 19.3 Å². The summed E-state index contributed by atoms with van der Waals surface area (Å²) in [7, 11) is 0. The first-order valence-electron chi connectivity index (χ1n) is 12.3. The second-order valence-electron chi connectivity index (χ2n) is 9.61. The lowest BCUT2D eigenvalue weighted by molar-refractivity contribution is -0.132. The zero-order chi connectivity index (χ0) is 26.3. The number of anilines is 1. The van der Waals surface area contributed by atoms with Gasteiger partial charge in [-0.2, -0.15) is 0 Å². The molecular weight excluding hydrogens is 470 g/mol.